The summed E-state index contributed by atoms with van der Waals surface area (Å²) < 4.78 is 2.17. The molecule has 1 heterocycles. The van der Waals surface area contributed by atoms with E-state index in [1.165, 1.54) is 5.56 Å². The molecule has 0 bridgehead atoms. The molecular weight excluding hydrogens is 230 g/mol. The highest BCUT2D eigenvalue weighted by molar-refractivity contribution is 7.99. The molecule has 0 spiro atoms. The van der Waals surface area contributed by atoms with E-state index < -0.39 is 0 Å². The molecule has 1 aromatic carbocycles. The zero-order valence-electron chi connectivity index (χ0n) is 10.5. The number of hydrogen-bond donors (Lipinski definition) is 0. The van der Waals surface area contributed by atoms with Gasteiger partial charge in [-0.05, 0) is 25.7 Å². The maximum atomic E-state index is 4.31. The third kappa shape index (κ3) is 2.52. The normalized spacial score (nSPS) is 10.8. The smallest absolute Gasteiger partial charge is 0.191 e. The van der Waals surface area contributed by atoms with Crippen molar-refractivity contribution in [2.75, 3.05) is 5.75 Å². The first-order valence-electron chi connectivity index (χ1n) is 5.89. The molecule has 0 saturated carbocycles. The van der Waals surface area contributed by atoms with E-state index in [1.807, 2.05) is 0 Å². The summed E-state index contributed by atoms with van der Waals surface area (Å²) in [6, 6.07) is 8.39. The van der Waals surface area contributed by atoms with Crippen LogP contribution in [0.4, 0.5) is 0 Å². The minimum absolute atomic E-state index is 0.901. The third-order valence-corrected chi connectivity index (χ3v) is 3.43. The average molecular weight is 247 g/mol. The molecule has 0 aliphatic carbocycles. The summed E-state index contributed by atoms with van der Waals surface area (Å²) in [5, 5.41) is 9.57. The summed E-state index contributed by atoms with van der Waals surface area (Å²) in [6.07, 6.45) is 0. The van der Waals surface area contributed by atoms with E-state index >= 15 is 0 Å². The van der Waals surface area contributed by atoms with Crippen molar-refractivity contribution in [1.82, 2.24) is 14.8 Å². The fourth-order valence-corrected chi connectivity index (χ4v) is 2.54. The van der Waals surface area contributed by atoms with E-state index in [2.05, 4.69) is 59.8 Å². The molecule has 0 fully saturated rings. The Morgan fingerprint density at radius 2 is 2.06 bits per heavy atom. The van der Waals surface area contributed by atoms with Gasteiger partial charge in [-0.15, -0.1) is 10.2 Å². The molecule has 2 rings (SSSR count). The Hall–Kier alpha value is -1.29. The first kappa shape index (κ1) is 12.2. The Morgan fingerprint density at radius 1 is 1.24 bits per heavy atom. The molecular formula is C13H17N3S. The van der Waals surface area contributed by atoms with Crippen LogP contribution in [0.1, 0.15) is 19.4 Å². The van der Waals surface area contributed by atoms with E-state index in [0.29, 0.717) is 0 Å². The fraction of sp³-hybridized carbons (Fsp3) is 0.385. The molecule has 0 amide bonds. The van der Waals surface area contributed by atoms with Crippen molar-refractivity contribution in [2.24, 2.45) is 0 Å². The van der Waals surface area contributed by atoms with Crippen LogP contribution < -0.4 is 0 Å². The lowest BCUT2D eigenvalue weighted by Crippen LogP contribution is -1.99. The minimum atomic E-state index is 0.901. The fourth-order valence-electron chi connectivity index (χ4n) is 1.81. The Labute approximate surface area is 106 Å². The van der Waals surface area contributed by atoms with Crippen molar-refractivity contribution < 1.29 is 0 Å². The molecule has 90 valence electrons. The molecule has 17 heavy (non-hydrogen) atoms. The van der Waals surface area contributed by atoms with Crippen molar-refractivity contribution in [3.8, 4) is 11.4 Å². The molecule has 0 N–H and O–H groups in total. The third-order valence-electron chi connectivity index (χ3n) is 2.58. The van der Waals surface area contributed by atoms with Gasteiger partial charge < -0.3 is 4.57 Å². The lowest BCUT2D eigenvalue weighted by atomic mass is 10.1. The van der Waals surface area contributed by atoms with Crippen molar-refractivity contribution in [3.05, 3.63) is 29.8 Å². The van der Waals surface area contributed by atoms with Crippen molar-refractivity contribution in [2.45, 2.75) is 32.5 Å². The van der Waals surface area contributed by atoms with Gasteiger partial charge in [0.2, 0.25) is 0 Å². The molecule has 1 aromatic heterocycles. The van der Waals surface area contributed by atoms with Gasteiger partial charge in [0.25, 0.3) is 0 Å². The van der Waals surface area contributed by atoms with Crippen LogP contribution in [0.15, 0.2) is 29.4 Å². The SMILES string of the molecule is CCSc1nnc(-c2cccc(C)c2)n1CC. The molecule has 0 aliphatic rings. The molecule has 0 saturated heterocycles. The molecule has 2 aromatic rings. The van der Waals surface area contributed by atoms with E-state index in [4.69, 9.17) is 0 Å². The van der Waals surface area contributed by atoms with E-state index in [1.54, 1.807) is 11.8 Å². The predicted molar refractivity (Wildman–Crippen MR) is 72.3 cm³/mol. The van der Waals surface area contributed by atoms with Gasteiger partial charge in [-0.25, -0.2) is 0 Å². The van der Waals surface area contributed by atoms with E-state index in [-0.39, 0.29) is 0 Å². The second kappa shape index (κ2) is 5.36. The topological polar surface area (TPSA) is 30.7 Å². The number of aryl methyl sites for hydroxylation is 1. The molecule has 0 atom stereocenters. The summed E-state index contributed by atoms with van der Waals surface area (Å²) in [6.45, 7) is 7.25. The van der Waals surface area contributed by atoms with Gasteiger partial charge >= 0.3 is 0 Å². The van der Waals surface area contributed by atoms with Gasteiger partial charge in [0.05, 0.1) is 0 Å². The quantitative estimate of drug-likeness (QED) is 0.776. The van der Waals surface area contributed by atoms with E-state index in [9.17, 15) is 0 Å². The lowest BCUT2D eigenvalue weighted by Gasteiger charge is -2.06. The average Bonchev–Trinajstić information content (AvgIpc) is 2.72. The zero-order chi connectivity index (χ0) is 12.3. The Morgan fingerprint density at radius 3 is 2.71 bits per heavy atom. The zero-order valence-corrected chi connectivity index (χ0v) is 11.3. The molecule has 0 radical (unpaired) electrons. The van der Waals surface area contributed by atoms with Gasteiger partial charge in [-0.1, -0.05) is 42.4 Å². The highest BCUT2D eigenvalue weighted by Crippen LogP contribution is 2.24. The number of hydrogen-bond acceptors (Lipinski definition) is 3. The van der Waals surface area contributed by atoms with Crippen molar-refractivity contribution in [3.63, 3.8) is 0 Å². The Bertz CT molecular complexity index is 505. The van der Waals surface area contributed by atoms with Crippen LogP contribution in [0, 0.1) is 6.92 Å². The highest BCUT2D eigenvalue weighted by atomic mass is 32.2. The maximum absolute atomic E-state index is 4.31. The Balaban J connectivity index is 2.45. The van der Waals surface area contributed by atoms with E-state index in [0.717, 1.165) is 28.8 Å². The largest absolute Gasteiger partial charge is 0.302 e. The van der Waals surface area contributed by atoms with Crippen LogP contribution >= 0.6 is 11.8 Å². The predicted octanol–water partition coefficient (Wildman–Crippen LogP) is 3.39. The number of thioether (sulfide) groups is 1. The summed E-state index contributed by atoms with van der Waals surface area (Å²) in [7, 11) is 0. The standard InChI is InChI=1S/C13H17N3S/c1-4-16-12(14-15-13(16)17-5-2)11-8-6-7-10(3)9-11/h6-9H,4-5H2,1-3H3. The number of nitrogens with zero attached hydrogens (tertiary/aromatic N) is 3. The summed E-state index contributed by atoms with van der Waals surface area (Å²) >= 11 is 1.74. The number of benzene rings is 1. The Kier molecular flexibility index (Phi) is 3.84. The first-order valence-corrected chi connectivity index (χ1v) is 6.87. The van der Waals surface area contributed by atoms with Gasteiger partial charge in [0.1, 0.15) is 0 Å². The van der Waals surface area contributed by atoms with Gasteiger partial charge in [0, 0.05) is 12.1 Å². The van der Waals surface area contributed by atoms with Gasteiger partial charge in [0.15, 0.2) is 11.0 Å². The highest BCUT2D eigenvalue weighted by Gasteiger charge is 2.12. The molecule has 0 aliphatic heterocycles. The number of aromatic nitrogens is 3. The van der Waals surface area contributed by atoms with Crippen molar-refractivity contribution in [1.29, 1.82) is 0 Å². The van der Waals surface area contributed by atoms with Gasteiger partial charge in [-0.3, -0.25) is 0 Å². The summed E-state index contributed by atoms with van der Waals surface area (Å²) in [5.41, 5.74) is 2.39. The monoisotopic (exact) mass is 247 g/mol. The summed E-state index contributed by atoms with van der Waals surface area (Å²) in [5.74, 6) is 1.98. The molecule has 3 nitrogen and oxygen atoms in total. The molecule has 4 heteroatoms. The number of rotatable bonds is 4. The van der Waals surface area contributed by atoms with Crippen LogP contribution in [0.3, 0.4) is 0 Å². The van der Waals surface area contributed by atoms with Crippen LogP contribution in [-0.4, -0.2) is 20.5 Å². The van der Waals surface area contributed by atoms with Gasteiger partial charge in [-0.2, -0.15) is 0 Å². The van der Waals surface area contributed by atoms with Crippen LogP contribution in [0.5, 0.6) is 0 Å². The van der Waals surface area contributed by atoms with Crippen LogP contribution in [0.2, 0.25) is 0 Å². The summed E-state index contributed by atoms with van der Waals surface area (Å²) in [4.78, 5) is 0. The minimum Gasteiger partial charge on any atom is -0.302 e. The molecule has 0 unspecified atom stereocenters. The van der Waals surface area contributed by atoms with Crippen LogP contribution in [-0.2, 0) is 6.54 Å². The van der Waals surface area contributed by atoms with Crippen LogP contribution in [0.25, 0.3) is 11.4 Å². The van der Waals surface area contributed by atoms with Crippen molar-refractivity contribution >= 4 is 11.8 Å². The second-order valence-corrected chi connectivity index (χ2v) is 5.08. The lowest BCUT2D eigenvalue weighted by molar-refractivity contribution is 0.687. The maximum Gasteiger partial charge on any atom is 0.191 e. The second-order valence-electron chi connectivity index (χ2n) is 3.85. The first-order chi connectivity index (χ1) is 8.26.